The second kappa shape index (κ2) is 12.3. The highest BCUT2D eigenvalue weighted by Gasteiger charge is 2.12. The van der Waals surface area contributed by atoms with Crippen molar-refractivity contribution in [3.8, 4) is 11.5 Å². The highest BCUT2D eigenvalue weighted by atomic mass is 35.5. The number of amides is 1. The van der Waals surface area contributed by atoms with Crippen molar-refractivity contribution in [2.24, 2.45) is 0 Å². The van der Waals surface area contributed by atoms with Gasteiger partial charge in [0.2, 0.25) is 15.9 Å². The number of hydrogen-bond donors (Lipinski definition) is 2. The first kappa shape index (κ1) is 25.5. The van der Waals surface area contributed by atoms with Crippen LogP contribution in [0.4, 0.5) is 5.69 Å². The first-order valence-electron chi connectivity index (χ1n) is 9.94. The molecule has 0 unspecified atom stereocenters. The molecule has 0 aromatic heterocycles. The largest absolute Gasteiger partial charge is 0.493 e. The number of hydrogen-bond acceptors (Lipinski definition) is 5. The van der Waals surface area contributed by atoms with E-state index in [9.17, 15) is 13.2 Å². The molecule has 0 aliphatic rings. The van der Waals surface area contributed by atoms with Gasteiger partial charge >= 0.3 is 0 Å². The van der Waals surface area contributed by atoms with Gasteiger partial charge in [-0.25, -0.2) is 13.1 Å². The van der Waals surface area contributed by atoms with Crippen LogP contribution in [0, 0.1) is 0 Å². The summed E-state index contributed by atoms with van der Waals surface area (Å²) < 4.78 is 37.2. The zero-order chi connectivity index (χ0) is 23.6. The van der Waals surface area contributed by atoms with Crippen molar-refractivity contribution >= 4 is 39.3 Å². The van der Waals surface area contributed by atoms with E-state index in [-0.39, 0.29) is 18.2 Å². The maximum Gasteiger partial charge on any atom is 0.248 e. The van der Waals surface area contributed by atoms with Gasteiger partial charge in [-0.15, -0.1) is 6.58 Å². The number of ether oxygens (including phenoxy) is 2. The highest BCUT2D eigenvalue weighted by molar-refractivity contribution is 7.88. The van der Waals surface area contributed by atoms with Gasteiger partial charge < -0.3 is 14.8 Å². The molecule has 0 fully saturated rings. The van der Waals surface area contributed by atoms with Crippen LogP contribution >= 0.6 is 11.6 Å². The van der Waals surface area contributed by atoms with E-state index in [4.69, 9.17) is 21.1 Å². The Kier molecular flexibility index (Phi) is 9.77. The second-order valence-electron chi connectivity index (χ2n) is 6.80. The number of benzene rings is 2. The lowest BCUT2D eigenvalue weighted by molar-refractivity contribution is -0.111. The molecular formula is C23H27ClN2O5S. The zero-order valence-corrected chi connectivity index (χ0v) is 19.6. The molecule has 0 aliphatic carbocycles. The van der Waals surface area contributed by atoms with Crippen LogP contribution in [0.15, 0.2) is 55.1 Å². The third-order valence-corrected chi connectivity index (χ3v) is 5.76. The number of sulfonamides is 1. The average Bonchev–Trinajstić information content (AvgIpc) is 2.76. The van der Waals surface area contributed by atoms with Crippen molar-refractivity contribution < 1.29 is 22.7 Å². The van der Waals surface area contributed by atoms with Gasteiger partial charge in [-0.05, 0) is 47.9 Å². The minimum absolute atomic E-state index is 0.157. The zero-order valence-electron chi connectivity index (χ0n) is 18.1. The minimum atomic E-state index is -3.44. The predicted molar refractivity (Wildman–Crippen MR) is 129 cm³/mol. The first-order chi connectivity index (χ1) is 15.3. The molecule has 0 atom stereocenters. The molecule has 2 aromatic rings. The van der Waals surface area contributed by atoms with Gasteiger partial charge in [0.05, 0.1) is 24.5 Å². The van der Waals surface area contributed by atoms with Gasteiger partial charge in [0.25, 0.3) is 0 Å². The number of methoxy groups -OCH3 is 1. The predicted octanol–water partition coefficient (Wildman–Crippen LogP) is 4.39. The molecule has 0 bridgehead atoms. The quantitative estimate of drug-likeness (QED) is 0.348. The fraction of sp³-hybridized carbons (Fsp3) is 0.261. The van der Waals surface area contributed by atoms with Crippen LogP contribution in [0.25, 0.3) is 6.08 Å². The van der Waals surface area contributed by atoms with Gasteiger partial charge in [-0.2, -0.15) is 0 Å². The summed E-state index contributed by atoms with van der Waals surface area (Å²) in [5.41, 5.74) is 1.82. The summed E-state index contributed by atoms with van der Waals surface area (Å²) in [6.07, 6.45) is 5.29. The van der Waals surface area contributed by atoms with Crippen molar-refractivity contribution in [1.29, 1.82) is 0 Å². The van der Waals surface area contributed by atoms with E-state index >= 15 is 0 Å². The Morgan fingerprint density at radius 1 is 1.22 bits per heavy atom. The standard InChI is InChI=1S/C23H27ClN2O5S/c1-4-12-25-32(28,29)16-17-6-9-19(10-7-17)26-22(27)11-8-18-14-20(24)23(31-13-5-2)21(15-18)30-3/h4,6-11,14-15,25H,1,5,12-13,16H2,2-3H3,(H,26,27)/b11-8+. The molecule has 0 heterocycles. The molecule has 0 saturated heterocycles. The fourth-order valence-corrected chi connectivity index (χ4v) is 4.06. The Hall–Kier alpha value is -2.81. The van der Waals surface area contributed by atoms with E-state index in [0.717, 1.165) is 6.42 Å². The van der Waals surface area contributed by atoms with Gasteiger partial charge in [0.15, 0.2) is 11.5 Å². The minimum Gasteiger partial charge on any atom is -0.493 e. The van der Waals surface area contributed by atoms with Crippen LogP contribution in [0.2, 0.25) is 5.02 Å². The lowest BCUT2D eigenvalue weighted by atomic mass is 10.1. The smallest absolute Gasteiger partial charge is 0.248 e. The second-order valence-corrected chi connectivity index (χ2v) is 9.01. The van der Waals surface area contributed by atoms with Gasteiger partial charge in [0, 0.05) is 18.3 Å². The fourth-order valence-electron chi connectivity index (χ4n) is 2.68. The van der Waals surface area contributed by atoms with Crippen molar-refractivity contribution in [2.75, 3.05) is 25.6 Å². The molecule has 32 heavy (non-hydrogen) atoms. The van der Waals surface area contributed by atoms with Gasteiger partial charge in [0.1, 0.15) is 0 Å². The van der Waals surface area contributed by atoms with Crippen LogP contribution in [-0.4, -0.2) is 34.6 Å². The molecule has 2 aromatic carbocycles. The van der Waals surface area contributed by atoms with Gasteiger partial charge in [-0.3, -0.25) is 4.79 Å². The summed E-state index contributed by atoms with van der Waals surface area (Å²) in [4.78, 5) is 12.3. The molecule has 0 radical (unpaired) electrons. The summed E-state index contributed by atoms with van der Waals surface area (Å²) in [6, 6.07) is 10.00. The van der Waals surface area contributed by atoms with E-state index in [1.54, 1.807) is 42.5 Å². The van der Waals surface area contributed by atoms with Crippen molar-refractivity contribution in [3.05, 3.63) is 71.3 Å². The Morgan fingerprint density at radius 3 is 2.56 bits per heavy atom. The summed E-state index contributed by atoms with van der Waals surface area (Å²) in [7, 11) is -1.92. The van der Waals surface area contributed by atoms with Crippen LogP contribution in [0.5, 0.6) is 11.5 Å². The Balaban J connectivity index is 2.01. The number of nitrogens with one attached hydrogen (secondary N) is 2. The molecule has 2 N–H and O–H groups in total. The van der Waals surface area contributed by atoms with E-state index in [1.165, 1.54) is 19.3 Å². The third kappa shape index (κ3) is 8.03. The molecule has 1 amide bonds. The van der Waals surface area contributed by atoms with Gasteiger partial charge in [-0.1, -0.05) is 36.7 Å². The molecule has 9 heteroatoms. The monoisotopic (exact) mass is 478 g/mol. The molecule has 172 valence electrons. The maximum atomic E-state index is 12.3. The number of anilines is 1. The first-order valence-corrected chi connectivity index (χ1v) is 12.0. The van der Waals surface area contributed by atoms with Crippen LogP contribution in [0.3, 0.4) is 0 Å². The van der Waals surface area contributed by atoms with Crippen molar-refractivity contribution in [2.45, 2.75) is 19.1 Å². The molecule has 7 nitrogen and oxygen atoms in total. The summed E-state index contributed by atoms with van der Waals surface area (Å²) in [6.45, 7) is 6.17. The topological polar surface area (TPSA) is 93.7 Å². The highest BCUT2D eigenvalue weighted by Crippen LogP contribution is 2.36. The van der Waals surface area contributed by atoms with E-state index in [0.29, 0.717) is 39.9 Å². The van der Waals surface area contributed by atoms with Crippen LogP contribution < -0.4 is 19.5 Å². The summed E-state index contributed by atoms with van der Waals surface area (Å²) in [5.74, 6) is 0.452. The van der Waals surface area contributed by atoms with Crippen molar-refractivity contribution in [3.63, 3.8) is 0 Å². The lowest BCUT2D eigenvalue weighted by Gasteiger charge is -2.12. The summed E-state index contributed by atoms with van der Waals surface area (Å²) in [5, 5.41) is 3.12. The van der Waals surface area contributed by atoms with E-state index in [1.807, 2.05) is 6.92 Å². The number of carbonyl (C=O) groups excluding carboxylic acids is 1. The molecule has 2 rings (SSSR count). The molecule has 0 saturated carbocycles. The Labute approximate surface area is 194 Å². The Morgan fingerprint density at radius 2 is 1.94 bits per heavy atom. The number of carbonyl (C=O) groups is 1. The maximum absolute atomic E-state index is 12.3. The third-order valence-electron chi connectivity index (χ3n) is 4.16. The SMILES string of the molecule is C=CCNS(=O)(=O)Cc1ccc(NC(=O)/C=C/c2cc(Cl)c(OCCC)c(OC)c2)cc1. The number of rotatable bonds is 12. The van der Waals surface area contributed by atoms with E-state index < -0.39 is 10.0 Å². The van der Waals surface area contributed by atoms with E-state index in [2.05, 4.69) is 16.6 Å². The molecular weight excluding hydrogens is 452 g/mol. The number of halogens is 1. The van der Waals surface area contributed by atoms with Crippen LogP contribution in [-0.2, 0) is 20.6 Å². The normalized spacial score (nSPS) is 11.3. The van der Waals surface area contributed by atoms with Crippen LogP contribution in [0.1, 0.15) is 24.5 Å². The average molecular weight is 479 g/mol. The Bertz CT molecular complexity index is 1070. The van der Waals surface area contributed by atoms with Crippen molar-refractivity contribution in [1.82, 2.24) is 4.72 Å². The lowest BCUT2D eigenvalue weighted by Crippen LogP contribution is -2.25. The summed E-state index contributed by atoms with van der Waals surface area (Å²) >= 11 is 6.29. The molecule has 0 spiro atoms. The molecule has 0 aliphatic heterocycles.